The van der Waals surface area contributed by atoms with Gasteiger partial charge in [-0.2, -0.15) is 13.2 Å². The summed E-state index contributed by atoms with van der Waals surface area (Å²) in [5.41, 5.74) is 0.168. The first kappa shape index (κ1) is 14.3. The molecule has 2 rings (SSSR count). The third-order valence-corrected chi connectivity index (χ3v) is 3.48. The quantitative estimate of drug-likeness (QED) is 0.890. The van der Waals surface area contributed by atoms with Crippen LogP contribution in [0.1, 0.15) is 37.0 Å². The van der Waals surface area contributed by atoms with E-state index in [0.29, 0.717) is 19.2 Å². The molecular formula is C14H18F3NO. The van der Waals surface area contributed by atoms with Crippen molar-refractivity contribution in [2.75, 3.05) is 13.2 Å². The van der Waals surface area contributed by atoms with Crippen molar-refractivity contribution in [3.05, 3.63) is 35.4 Å². The fraction of sp³-hybridized carbons (Fsp3) is 0.571. The number of halogens is 3. The number of benzene rings is 1. The summed E-state index contributed by atoms with van der Waals surface area (Å²) in [4.78, 5) is 0. The fourth-order valence-corrected chi connectivity index (χ4v) is 2.24. The zero-order chi connectivity index (χ0) is 13.9. The average molecular weight is 273 g/mol. The smallest absolute Gasteiger partial charge is 0.372 e. The second-order valence-electron chi connectivity index (χ2n) is 4.78. The largest absolute Gasteiger partial charge is 0.416 e. The summed E-state index contributed by atoms with van der Waals surface area (Å²) < 4.78 is 43.1. The van der Waals surface area contributed by atoms with E-state index in [1.165, 1.54) is 12.1 Å². The molecule has 1 saturated heterocycles. The van der Waals surface area contributed by atoms with Crippen LogP contribution in [-0.2, 0) is 10.9 Å². The maximum absolute atomic E-state index is 12.5. The van der Waals surface area contributed by atoms with Crippen LogP contribution in [0.4, 0.5) is 13.2 Å². The van der Waals surface area contributed by atoms with Crippen molar-refractivity contribution in [1.82, 2.24) is 5.32 Å². The number of nitrogens with one attached hydrogen (secondary N) is 1. The van der Waals surface area contributed by atoms with Gasteiger partial charge in [0.15, 0.2) is 0 Å². The van der Waals surface area contributed by atoms with Crippen molar-refractivity contribution in [2.45, 2.75) is 38.1 Å². The van der Waals surface area contributed by atoms with E-state index in [4.69, 9.17) is 4.74 Å². The van der Waals surface area contributed by atoms with Crippen LogP contribution >= 0.6 is 0 Å². The number of alkyl halides is 3. The molecule has 1 N–H and O–H groups in total. The first-order valence-corrected chi connectivity index (χ1v) is 6.53. The molecule has 0 spiro atoms. The summed E-state index contributed by atoms with van der Waals surface area (Å²) in [5.74, 6) is 0. The Labute approximate surface area is 111 Å². The number of hydrogen-bond donors (Lipinski definition) is 1. The Morgan fingerprint density at radius 3 is 2.53 bits per heavy atom. The van der Waals surface area contributed by atoms with E-state index in [2.05, 4.69) is 12.2 Å². The number of ether oxygens (including phenoxy) is 1. The average Bonchev–Trinajstić information content (AvgIpc) is 2.63. The van der Waals surface area contributed by atoms with Crippen molar-refractivity contribution in [3.63, 3.8) is 0 Å². The van der Waals surface area contributed by atoms with Gasteiger partial charge in [-0.05, 0) is 30.5 Å². The van der Waals surface area contributed by atoms with Gasteiger partial charge in [0.05, 0.1) is 11.7 Å². The Hall–Kier alpha value is -1.07. The molecule has 0 radical (unpaired) electrons. The van der Waals surface area contributed by atoms with E-state index in [9.17, 15) is 13.2 Å². The first-order chi connectivity index (χ1) is 9.00. The topological polar surface area (TPSA) is 21.3 Å². The van der Waals surface area contributed by atoms with Gasteiger partial charge in [-0.25, -0.2) is 0 Å². The highest BCUT2D eigenvalue weighted by molar-refractivity contribution is 5.26. The molecule has 1 aromatic carbocycles. The molecule has 1 aliphatic rings. The van der Waals surface area contributed by atoms with Crippen LogP contribution in [0.5, 0.6) is 0 Å². The minimum Gasteiger partial charge on any atom is -0.372 e. The van der Waals surface area contributed by atoms with E-state index in [1.54, 1.807) is 0 Å². The zero-order valence-electron chi connectivity index (χ0n) is 10.8. The van der Waals surface area contributed by atoms with Crippen LogP contribution < -0.4 is 5.32 Å². The highest BCUT2D eigenvalue weighted by Gasteiger charge is 2.30. The van der Waals surface area contributed by atoms with Crippen LogP contribution in [0, 0.1) is 0 Å². The Morgan fingerprint density at radius 2 is 1.95 bits per heavy atom. The molecule has 0 bridgehead atoms. The van der Waals surface area contributed by atoms with Crippen molar-refractivity contribution >= 4 is 0 Å². The first-order valence-electron chi connectivity index (χ1n) is 6.53. The van der Waals surface area contributed by atoms with Gasteiger partial charge >= 0.3 is 6.18 Å². The lowest BCUT2D eigenvalue weighted by atomic mass is 10.1. The second kappa shape index (κ2) is 5.92. The third kappa shape index (κ3) is 3.70. The maximum Gasteiger partial charge on any atom is 0.416 e. The molecule has 19 heavy (non-hydrogen) atoms. The van der Waals surface area contributed by atoms with E-state index in [1.807, 2.05) is 0 Å². The molecule has 0 amide bonds. The molecule has 2 atom stereocenters. The molecule has 0 saturated carbocycles. The standard InChI is InChI=1S/C14H18F3NO/c1-2-12-7-8-19-13(9-18-12)10-3-5-11(6-4-10)14(15,16)17/h3-6,12-13,18H,2,7-9H2,1H3. The van der Waals surface area contributed by atoms with Gasteiger partial charge in [0.25, 0.3) is 0 Å². The van der Waals surface area contributed by atoms with Gasteiger partial charge in [0, 0.05) is 19.2 Å². The maximum atomic E-state index is 12.5. The fourth-order valence-electron chi connectivity index (χ4n) is 2.24. The summed E-state index contributed by atoms with van der Waals surface area (Å²) in [5, 5.41) is 3.38. The monoisotopic (exact) mass is 273 g/mol. The summed E-state index contributed by atoms with van der Waals surface area (Å²) in [6.07, 6.45) is -2.48. The molecule has 1 aliphatic heterocycles. The highest BCUT2D eigenvalue weighted by Crippen LogP contribution is 2.30. The molecule has 1 aromatic rings. The summed E-state index contributed by atoms with van der Waals surface area (Å²) in [6.45, 7) is 3.39. The summed E-state index contributed by atoms with van der Waals surface area (Å²) in [7, 11) is 0. The van der Waals surface area contributed by atoms with Gasteiger partial charge in [-0.3, -0.25) is 0 Å². The Balaban J connectivity index is 2.06. The molecule has 106 valence electrons. The van der Waals surface area contributed by atoms with Gasteiger partial charge in [-0.15, -0.1) is 0 Å². The normalized spacial score (nSPS) is 25.1. The number of rotatable bonds is 2. The van der Waals surface area contributed by atoms with Gasteiger partial charge < -0.3 is 10.1 Å². The summed E-state index contributed by atoms with van der Waals surface area (Å²) in [6, 6.07) is 5.66. The van der Waals surface area contributed by atoms with E-state index >= 15 is 0 Å². The predicted molar refractivity (Wildman–Crippen MR) is 66.8 cm³/mol. The molecule has 2 nitrogen and oxygen atoms in total. The minimum atomic E-state index is -4.28. The van der Waals surface area contributed by atoms with E-state index in [-0.39, 0.29) is 6.10 Å². The van der Waals surface area contributed by atoms with E-state index in [0.717, 1.165) is 30.5 Å². The second-order valence-corrected chi connectivity index (χ2v) is 4.78. The molecule has 0 aliphatic carbocycles. The summed E-state index contributed by atoms with van der Waals surface area (Å²) >= 11 is 0. The van der Waals surface area contributed by atoms with Crippen LogP contribution in [0.25, 0.3) is 0 Å². The van der Waals surface area contributed by atoms with Crippen molar-refractivity contribution in [3.8, 4) is 0 Å². The van der Waals surface area contributed by atoms with Crippen LogP contribution in [-0.4, -0.2) is 19.2 Å². The van der Waals surface area contributed by atoms with Crippen molar-refractivity contribution in [1.29, 1.82) is 0 Å². The molecule has 0 aromatic heterocycles. The lowest BCUT2D eigenvalue weighted by Crippen LogP contribution is -2.29. The van der Waals surface area contributed by atoms with Crippen molar-refractivity contribution < 1.29 is 17.9 Å². The van der Waals surface area contributed by atoms with Gasteiger partial charge in [-0.1, -0.05) is 19.1 Å². The number of hydrogen-bond acceptors (Lipinski definition) is 2. The van der Waals surface area contributed by atoms with E-state index < -0.39 is 11.7 Å². The molecule has 5 heteroatoms. The lowest BCUT2D eigenvalue weighted by molar-refractivity contribution is -0.137. The highest BCUT2D eigenvalue weighted by atomic mass is 19.4. The Kier molecular flexibility index (Phi) is 4.47. The van der Waals surface area contributed by atoms with Crippen LogP contribution in [0.2, 0.25) is 0 Å². The molecule has 1 heterocycles. The minimum absolute atomic E-state index is 0.168. The lowest BCUT2D eigenvalue weighted by Gasteiger charge is -2.17. The van der Waals surface area contributed by atoms with Crippen molar-refractivity contribution in [2.24, 2.45) is 0 Å². The third-order valence-electron chi connectivity index (χ3n) is 3.48. The molecule has 2 unspecified atom stereocenters. The van der Waals surface area contributed by atoms with Gasteiger partial charge in [0.1, 0.15) is 0 Å². The van der Waals surface area contributed by atoms with Crippen LogP contribution in [0.15, 0.2) is 24.3 Å². The molecule has 1 fully saturated rings. The zero-order valence-corrected chi connectivity index (χ0v) is 10.8. The Bertz CT molecular complexity index is 402. The SMILES string of the molecule is CCC1CCOC(c2ccc(C(F)(F)F)cc2)CN1. The predicted octanol–water partition coefficient (Wildman–Crippen LogP) is 3.54. The van der Waals surface area contributed by atoms with Gasteiger partial charge in [0.2, 0.25) is 0 Å². The molecular weight excluding hydrogens is 255 g/mol. The Morgan fingerprint density at radius 1 is 1.26 bits per heavy atom. The van der Waals surface area contributed by atoms with Crippen LogP contribution in [0.3, 0.4) is 0 Å².